The molecule has 1 aromatic carbocycles. The second-order valence-corrected chi connectivity index (χ2v) is 7.42. The molecule has 0 saturated heterocycles. The lowest BCUT2D eigenvalue weighted by Gasteiger charge is -2.21. The Morgan fingerprint density at radius 2 is 2.04 bits per heavy atom. The number of thioether (sulfide) groups is 1. The third kappa shape index (κ3) is 3.75. The van der Waals surface area contributed by atoms with Gasteiger partial charge in [-0.15, -0.1) is 10.2 Å². The summed E-state index contributed by atoms with van der Waals surface area (Å²) in [6.45, 7) is 2.55. The Bertz CT molecular complexity index is 681. The van der Waals surface area contributed by atoms with Gasteiger partial charge in [0, 0.05) is 26.6 Å². The fourth-order valence-corrected chi connectivity index (χ4v) is 3.52. The summed E-state index contributed by atoms with van der Waals surface area (Å²) in [4.78, 5) is 14.3. The number of hydrogen-bond acceptors (Lipinski definition) is 4. The maximum Gasteiger partial charge on any atom is 0.235 e. The third-order valence-corrected chi connectivity index (χ3v) is 5.20. The summed E-state index contributed by atoms with van der Waals surface area (Å²) in [5.74, 6) is 1.72. The molecule has 1 fully saturated rings. The first kappa shape index (κ1) is 16.1. The van der Waals surface area contributed by atoms with Crippen molar-refractivity contribution in [3.8, 4) is 0 Å². The quantitative estimate of drug-likeness (QED) is 0.764. The fourth-order valence-electron chi connectivity index (χ4n) is 2.58. The fraction of sp³-hybridized carbons (Fsp3) is 0.471. The van der Waals surface area contributed by atoms with Crippen LogP contribution in [0.15, 0.2) is 35.5 Å². The molecule has 1 aromatic heterocycles. The molecule has 0 radical (unpaired) electrons. The van der Waals surface area contributed by atoms with Crippen molar-refractivity contribution in [3.63, 3.8) is 0 Å². The first-order valence-corrected chi connectivity index (χ1v) is 8.79. The van der Waals surface area contributed by atoms with Gasteiger partial charge in [0.05, 0.1) is 5.25 Å². The summed E-state index contributed by atoms with van der Waals surface area (Å²) in [5, 5.41) is 9.16. The molecule has 1 aliphatic rings. The van der Waals surface area contributed by atoms with Crippen molar-refractivity contribution in [2.75, 3.05) is 7.05 Å². The Hall–Kier alpha value is -1.82. The number of carbonyl (C=O) groups is 1. The standard InChI is InChI=1S/C17H22N4OS/c1-12(16(22)20(2)11-13-7-5-4-6-8-13)23-17-19-18-15(21(17)3)14-9-10-14/h4-8,12,14H,9-11H2,1-3H3/t12-/m0/s1. The Balaban J connectivity index is 1.60. The molecule has 23 heavy (non-hydrogen) atoms. The maximum absolute atomic E-state index is 12.6. The van der Waals surface area contributed by atoms with E-state index in [1.54, 1.807) is 4.90 Å². The van der Waals surface area contributed by atoms with E-state index < -0.39 is 0 Å². The predicted octanol–water partition coefficient (Wildman–Crippen LogP) is 2.83. The van der Waals surface area contributed by atoms with Gasteiger partial charge in [0.2, 0.25) is 5.91 Å². The van der Waals surface area contributed by atoms with Crippen molar-refractivity contribution in [1.82, 2.24) is 19.7 Å². The summed E-state index contributed by atoms with van der Waals surface area (Å²) in [6, 6.07) is 10.0. The minimum absolute atomic E-state index is 0.106. The van der Waals surface area contributed by atoms with Crippen molar-refractivity contribution in [2.45, 2.75) is 42.6 Å². The van der Waals surface area contributed by atoms with Crippen LogP contribution in [-0.4, -0.2) is 37.9 Å². The van der Waals surface area contributed by atoms with Gasteiger partial charge in [0.25, 0.3) is 0 Å². The largest absolute Gasteiger partial charge is 0.340 e. The highest BCUT2D eigenvalue weighted by atomic mass is 32.2. The Labute approximate surface area is 141 Å². The number of carbonyl (C=O) groups excluding carboxylic acids is 1. The average Bonchev–Trinajstić information content (AvgIpc) is 3.33. The van der Waals surface area contributed by atoms with Crippen LogP contribution in [0, 0.1) is 0 Å². The third-order valence-electron chi connectivity index (χ3n) is 4.08. The number of amides is 1. The molecule has 1 heterocycles. The van der Waals surface area contributed by atoms with Crippen LogP contribution in [0.2, 0.25) is 0 Å². The summed E-state index contributed by atoms with van der Waals surface area (Å²) in [5.41, 5.74) is 1.13. The van der Waals surface area contributed by atoms with Crippen LogP contribution in [0.25, 0.3) is 0 Å². The minimum Gasteiger partial charge on any atom is -0.340 e. The van der Waals surface area contributed by atoms with Crippen LogP contribution in [-0.2, 0) is 18.4 Å². The van der Waals surface area contributed by atoms with Gasteiger partial charge in [-0.2, -0.15) is 0 Å². The maximum atomic E-state index is 12.6. The first-order valence-electron chi connectivity index (χ1n) is 7.91. The highest BCUT2D eigenvalue weighted by Gasteiger charge is 2.30. The topological polar surface area (TPSA) is 51.0 Å². The van der Waals surface area contributed by atoms with E-state index in [2.05, 4.69) is 10.2 Å². The van der Waals surface area contributed by atoms with Gasteiger partial charge in [0.15, 0.2) is 5.16 Å². The van der Waals surface area contributed by atoms with Crippen molar-refractivity contribution in [2.24, 2.45) is 7.05 Å². The lowest BCUT2D eigenvalue weighted by molar-refractivity contribution is -0.129. The molecule has 2 aromatic rings. The van der Waals surface area contributed by atoms with Crippen LogP contribution in [0.3, 0.4) is 0 Å². The first-order chi connectivity index (χ1) is 11.1. The van der Waals surface area contributed by atoms with E-state index >= 15 is 0 Å². The number of hydrogen-bond donors (Lipinski definition) is 0. The molecular formula is C17H22N4OS. The van der Waals surface area contributed by atoms with Crippen LogP contribution >= 0.6 is 11.8 Å². The second-order valence-electron chi connectivity index (χ2n) is 6.11. The van der Waals surface area contributed by atoms with Gasteiger partial charge < -0.3 is 9.47 Å². The molecule has 1 saturated carbocycles. The van der Waals surface area contributed by atoms with Crippen LogP contribution in [0.4, 0.5) is 0 Å². The summed E-state index contributed by atoms with van der Waals surface area (Å²) in [7, 11) is 3.83. The summed E-state index contributed by atoms with van der Waals surface area (Å²) in [6.07, 6.45) is 2.40. The molecule has 0 unspecified atom stereocenters. The molecule has 0 bridgehead atoms. The minimum atomic E-state index is -0.182. The van der Waals surface area contributed by atoms with Gasteiger partial charge in [-0.25, -0.2) is 0 Å². The molecule has 1 aliphatic carbocycles. The molecule has 0 aliphatic heterocycles. The molecule has 0 spiro atoms. The van der Waals surface area contributed by atoms with E-state index in [0.717, 1.165) is 16.5 Å². The molecule has 122 valence electrons. The van der Waals surface area contributed by atoms with Gasteiger partial charge in [-0.05, 0) is 25.3 Å². The van der Waals surface area contributed by atoms with Gasteiger partial charge >= 0.3 is 0 Å². The van der Waals surface area contributed by atoms with Crippen molar-refractivity contribution in [3.05, 3.63) is 41.7 Å². The molecule has 1 atom stereocenters. The van der Waals surface area contributed by atoms with Crippen LogP contribution in [0.5, 0.6) is 0 Å². The van der Waals surface area contributed by atoms with E-state index in [1.807, 2.05) is 55.9 Å². The van der Waals surface area contributed by atoms with E-state index in [-0.39, 0.29) is 11.2 Å². The monoisotopic (exact) mass is 330 g/mol. The highest BCUT2D eigenvalue weighted by molar-refractivity contribution is 8.00. The van der Waals surface area contributed by atoms with Crippen molar-refractivity contribution >= 4 is 17.7 Å². The number of nitrogens with zero attached hydrogens (tertiary/aromatic N) is 4. The van der Waals surface area contributed by atoms with Gasteiger partial charge in [-0.3, -0.25) is 4.79 Å². The van der Waals surface area contributed by atoms with Crippen LogP contribution < -0.4 is 0 Å². The zero-order chi connectivity index (χ0) is 16.4. The lowest BCUT2D eigenvalue weighted by Crippen LogP contribution is -2.32. The molecule has 3 rings (SSSR count). The Morgan fingerprint density at radius 3 is 2.70 bits per heavy atom. The van der Waals surface area contributed by atoms with Gasteiger partial charge in [-0.1, -0.05) is 42.1 Å². The predicted molar refractivity (Wildman–Crippen MR) is 91.2 cm³/mol. The molecule has 1 amide bonds. The second kappa shape index (κ2) is 6.74. The summed E-state index contributed by atoms with van der Waals surface area (Å²) < 4.78 is 2.03. The zero-order valence-electron chi connectivity index (χ0n) is 13.8. The van der Waals surface area contributed by atoms with E-state index in [1.165, 1.54) is 24.6 Å². The Morgan fingerprint density at radius 1 is 1.35 bits per heavy atom. The Kier molecular flexibility index (Phi) is 4.71. The highest BCUT2D eigenvalue weighted by Crippen LogP contribution is 2.39. The SMILES string of the molecule is C[C@H](Sc1nnc(C2CC2)n1C)C(=O)N(C)Cc1ccccc1. The molecule has 0 N–H and O–H groups in total. The molecule has 5 nitrogen and oxygen atoms in total. The average molecular weight is 330 g/mol. The van der Waals surface area contributed by atoms with E-state index in [0.29, 0.717) is 12.5 Å². The molecule has 6 heteroatoms. The number of benzene rings is 1. The normalized spacial score (nSPS) is 15.4. The lowest BCUT2D eigenvalue weighted by atomic mass is 10.2. The smallest absolute Gasteiger partial charge is 0.235 e. The van der Waals surface area contributed by atoms with Crippen molar-refractivity contribution < 1.29 is 4.79 Å². The summed E-state index contributed by atoms with van der Waals surface area (Å²) >= 11 is 1.48. The van der Waals surface area contributed by atoms with Gasteiger partial charge in [0.1, 0.15) is 5.82 Å². The van der Waals surface area contributed by atoms with E-state index in [4.69, 9.17) is 0 Å². The number of rotatable bonds is 6. The zero-order valence-corrected chi connectivity index (χ0v) is 14.6. The number of aromatic nitrogens is 3. The van der Waals surface area contributed by atoms with E-state index in [9.17, 15) is 4.79 Å². The van der Waals surface area contributed by atoms with Crippen molar-refractivity contribution in [1.29, 1.82) is 0 Å². The molecular weight excluding hydrogens is 308 g/mol. The van der Waals surface area contributed by atoms with Crippen LogP contribution in [0.1, 0.15) is 37.1 Å².